The molecule has 2 aromatic rings. The molecule has 2 nitrogen and oxygen atoms in total. The van der Waals surface area contributed by atoms with E-state index < -0.39 is 0 Å². The van der Waals surface area contributed by atoms with Crippen LogP contribution in [0, 0.1) is 0 Å². The molecule has 102 valence electrons. The Bertz CT molecular complexity index is 497. The number of benzene rings is 1. The number of halogens is 1. The fourth-order valence-electron chi connectivity index (χ4n) is 2.02. The smallest absolute Gasteiger partial charge is 0.0561 e. The van der Waals surface area contributed by atoms with Crippen LogP contribution in [-0.2, 0) is 6.54 Å². The third kappa shape index (κ3) is 4.42. The molecule has 0 aliphatic carbocycles. The third-order valence-corrected chi connectivity index (χ3v) is 4.52. The van der Waals surface area contributed by atoms with Gasteiger partial charge < -0.3 is 10.2 Å². The van der Waals surface area contributed by atoms with Crippen LogP contribution in [-0.4, -0.2) is 25.5 Å². The van der Waals surface area contributed by atoms with Gasteiger partial charge in [0.25, 0.3) is 0 Å². The standard InChI is InChI=1S/C15H19BrN2S/c1-18(2)14(15-7-4-8-19-15)11-17-10-12-5-3-6-13(16)9-12/h3-9,14,17H,10-11H2,1-2H3. The monoisotopic (exact) mass is 338 g/mol. The number of nitrogens with zero attached hydrogens (tertiary/aromatic N) is 1. The molecule has 0 spiro atoms. The first-order chi connectivity index (χ1) is 9.16. The van der Waals surface area contributed by atoms with E-state index in [4.69, 9.17) is 0 Å². The van der Waals surface area contributed by atoms with Gasteiger partial charge in [-0.3, -0.25) is 0 Å². The Labute approximate surface area is 127 Å². The maximum atomic E-state index is 3.54. The summed E-state index contributed by atoms with van der Waals surface area (Å²) in [6, 6.07) is 13.2. The lowest BCUT2D eigenvalue weighted by Gasteiger charge is -2.23. The molecule has 0 amide bonds. The lowest BCUT2D eigenvalue weighted by Crippen LogP contribution is -2.30. The molecule has 1 heterocycles. The summed E-state index contributed by atoms with van der Waals surface area (Å²) in [7, 11) is 4.26. The van der Waals surface area contributed by atoms with E-state index >= 15 is 0 Å². The quantitative estimate of drug-likeness (QED) is 0.859. The summed E-state index contributed by atoms with van der Waals surface area (Å²) in [5, 5.41) is 5.68. The van der Waals surface area contributed by atoms with E-state index in [9.17, 15) is 0 Å². The SMILES string of the molecule is CN(C)C(CNCc1cccc(Br)c1)c1cccs1. The van der Waals surface area contributed by atoms with Crippen LogP contribution in [0.3, 0.4) is 0 Å². The Hall–Kier alpha value is -0.680. The first kappa shape index (κ1) is 14.7. The van der Waals surface area contributed by atoms with Crippen LogP contribution in [0.15, 0.2) is 46.3 Å². The first-order valence-electron chi connectivity index (χ1n) is 6.32. The highest BCUT2D eigenvalue weighted by atomic mass is 79.9. The van der Waals surface area contributed by atoms with E-state index in [0.29, 0.717) is 6.04 Å². The van der Waals surface area contributed by atoms with Gasteiger partial charge in [0, 0.05) is 22.4 Å². The molecule has 1 aromatic carbocycles. The topological polar surface area (TPSA) is 15.3 Å². The molecule has 2 rings (SSSR count). The molecule has 1 N–H and O–H groups in total. The van der Waals surface area contributed by atoms with Gasteiger partial charge in [0.1, 0.15) is 0 Å². The highest BCUT2D eigenvalue weighted by Crippen LogP contribution is 2.22. The van der Waals surface area contributed by atoms with E-state index in [1.165, 1.54) is 10.4 Å². The van der Waals surface area contributed by atoms with E-state index in [1.54, 1.807) is 0 Å². The third-order valence-electron chi connectivity index (χ3n) is 3.05. The summed E-state index contributed by atoms with van der Waals surface area (Å²) >= 11 is 5.32. The summed E-state index contributed by atoms with van der Waals surface area (Å²) in [6.45, 7) is 1.86. The molecule has 19 heavy (non-hydrogen) atoms. The van der Waals surface area contributed by atoms with E-state index in [2.05, 4.69) is 82.0 Å². The maximum Gasteiger partial charge on any atom is 0.0561 e. The van der Waals surface area contributed by atoms with Gasteiger partial charge in [0.15, 0.2) is 0 Å². The molecule has 1 atom stereocenters. The number of thiophene rings is 1. The van der Waals surface area contributed by atoms with E-state index in [-0.39, 0.29) is 0 Å². The molecule has 0 saturated heterocycles. The van der Waals surface area contributed by atoms with Gasteiger partial charge in [-0.2, -0.15) is 0 Å². The second-order valence-electron chi connectivity index (χ2n) is 4.76. The van der Waals surface area contributed by atoms with Crippen molar-refractivity contribution < 1.29 is 0 Å². The Balaban J connectivity index is 1.90. The van der Waals surface area contributed by atoms with Crippen molar-refractivity contribution in [2.75, 3.05) is 20.6 Å². The van der Waals surface area contributed by atoms with Crippen molar-refractivity contribution in [2.45, 2.75) is 12.6 Å². The molecular weight excluding hydrogens is 320 g/mol. The number of hydrogen-bond donors (Lipinski definition) is 1. The lowest BCUT2D eigenvalue weighted by molar-refractivity contribution is 0.292. The Morgan fingerprint density at radius 2 is 2.11 bits per heavy atom. The Morgan fingerprint density at radius 3 is 2.74 bits per heavy atom. The highest BCUT2D eigenvalue weighted by molar-refractivity contribution is 9.10. The van der Waals surface area contributed by atoms with Gasteiger partial charge >= 0.3 is 0 Å². The largest absolute Gasteiger partial charge is 0.311 e. The molecule has 0 fully saturated rings. The predicted octanol–water partition coefficient (Wildman–Crippen LogP) is 3.90. The number of rotatable bonds is 6. The summed E-state index contributed by atoms with van der Waals surface area (Å²) in [4.78, 5) is 3.67. The van der Waals surface area contributed by atoms with Crippen LogP contribution in [0.4, 0.5) is 0 Å². The first-order valence-corrected chi connectivity index (χ1v) is 7.99. The number of likely N-dealkylation sites (N-methyl/N-ethyl adjacent to an activating group) is 1. The number of hydrogen-bond acceptors (Lipinski definition) is 3. The Kier molecular flexibility index (Phi) is 5.58. The van der Waals surface area contributed by atoms with E-state index in [0.717, 1.165) is 17.6 Å². The zero-order valence-corrected chi connectivity index (χ0v) is 13.7. The minimum atomic E-state index is 0.437. The van der Waals surface area contributed by atoms with Crippen molar-refractivity contribution in [3.05, 3.63) is 56.7 Å². The predicted molar refractivity (Wildman–Crippen MR) is 86.6 cm³/mol. The van der Waals surface area contributed by atoms with Crippen molar-refractivity contribution in [1.82, 2.24) is 10.2 Å². The molecule has 0 saturated carbocycles. The molecule has 0 bridgehead atoms. The van der Waals surface area contributed by atoms with Crippen molar-refractivity contribution in [2.24, 2.45) is 0 Å². The summed E-state index contributed by atoms with van der Waals surface area (Å²) in [5.74, 6) is 0. The maximum absolute atomic E-state index is 3.54. The van der Waals surface area contributed by atoms with Crippen LogP contribution in [0.2, 0.25) is 0 Å². The fourth-order valence-corrected chi connectivity index (χ4v) is 3.39. The van der Waals surface area contributed by atoms with Crippen LogP contribution >= 0.6 is 27.3 Å². The van der Waals surface area contributed by atoms with Gasteiger partial charge in [0.2, 0.25) is 0 Å². The van der Waals surface area contributed by atoms with Crippen molar-refractivity contribution in [1.29, 1.82) is 0 Å². The van der Waals surface area contributed by atoms with Gasteiger partial charge in [-0.25, -0.2) is 0 Å². The second kappa shape index (κ2) is 7.20. The Morgan fingerprint density at radius 1 is 1.26 bits per heavy atom. The minimum absolute atomic E-state index is 0.437. The zero-order valence-electron chi connectivity index (χ0n) is 11.3. The fraction of sp³-hybridized carbons (Fsp3) is 0.333. The minimum Gasteiger partial charge on any atom is -0.311 e. The molecule has 0 radical (unpaired) electrons. The van der Waals surface area contributed by atoms with Gasteiger partial charge in [0.05, 0.1) is 6.04 Å². The average Bonchev–Trinajstić information content (AvgIpc) is 2.88. The average molecular weight is 339 g/mol. The van der Waals surface area contributed by atoms with Gasteiger partial charge in [-0.15, -0.1) is 11.3 Å². The molecule has 0 aliphatic rings. The van der Waals surface area contributed by atoms with Gasteiger partial charge in [-0.05, 0) is 43.2 Å². The van der Waals surface area contributed by atoms with Gasteiger partial charge in [-0.1, -0.05) is 34.1 Å². The second-order valence-corrected chi connectivity index (χ2v) is 6.65. The molecule has 1 aromatic heterocycles. The molecule has 4 heteroatoms. The van der Waals surface area contributed by atoms with Crippen molar-refractivity contribution in [3.8, 4) is 0 Å². The summed E-state index contributed by atoms with van der Waals surface area (Å²) in [5.41, 5.74) is 1.30. The van der Waals surface area contributed by atoms with Crippen molar-refractivity contribution >= 4 is 27.3 Å². The highest BCUT2D eigenvalue weighted by Gasteiger charge is 2.14. The summed E-state index contributed by atoms with van der Waals surface area (Å²) < 4.78 is 1.13. The molecule has 0 aliphatic heterocycles. The van der Waals surface area contributed by atoms with Crippen LogP contribution in [0.1, 0.15) is 16.5 Å². The van der Waals surface area contributed by atoms with Crippen LogP contribution in [0.5, 0.6) is 0 Å². The normalized spacial score (nSPS) is 12.8. The molecule has 1 unspecified atom stereocenters. The van der Waals surface area contributed by atoms with Crippen LogP contribution in [0.25, 0.3) is 0 Å². The van der Waals surface area contributed by atoms with Crippen LogP contribution < -0.4 is 5.32 Å². The summed E-state index contributed by atoms with van der Waals surface area (Å²) in [6.07, 6.45) is 0. The molecular formula is C15H19BrN2S. The lowest BCUT2D eigenvalue weighted by atomic mass is 10.2. The number of nitrogens with one attached hydrogen (secondary N) is 1. The van der Waals surface area contributed by atoms with Crippen molar-refractivity contribution in [3.63, 3.8) is 0 Å². The zero-order chi connectivity index (χ0) is 13.7. The van der Waals surface area contributed by atoms with E-state index in [1.807, 2.05) is 11.3 Å².